The van der Waals surface area contributed by atoms with E-state index >= 15 is 0 Å². The van der Waals surface area contributed by atoms with Gasteiger partial charge in [-0.25, -0.2) is 0 Å². The molecule has 9 nitrogen and oxygen atoms in total. The lowest BCUT2D eigenvalue weighted by molar-refractivity contribution is -0.387. The lowest BCUT2D eigenvalue weighted by Gasteiger charge is -2.11. The molecule has 0 aromatic heterocycles. The van der Waals surface area contributed by atoms with Gasteiger partial charge < -0.3 is 20.5 Å². The minimum Gasteiger partial charge on any atom is -0.493 e. The molecule has 0 aliphatic heterocycles. The molecular formula is C22H19N3O6S. The molecule has 2 amide bonds. The van der Waals surface area contributed by atoms with E-state index in [1.54, 1.807) is 43.5 Å². The van der Waals surface area contributed by atoms with Crippen LogP contribution in [0.4, 0.5) is 11.4 Å². The van der Waals surface area contributed by atoms with Gasteiger partial charge in [0.2, 0.25) is 11.8 Å². The summed E-state index contributed by atoms with van der Waals surface area (Å²) in [5.74, 6) is 0.553. The SMILES string of the molecule is COc1ccccc1Oc1ccc(NC(=O)CSc2ccc(C(N)=O)cc2[N+](=O)[O-])cc1. The summed E-state index contributed by atoms with van der Waals surface area (Å²) in [6, 6.07) is 17.9. The van der Waals surface area contributed by atoms with Crippen molar-refractivity contribution >= 4 is 35.0 Å². The molecule has 3 aromatic rings. The number of nitrogens with zero attached hydrogens (tertiary/aromatic N) is 1. The second-order valence-electron chi connectivity index (χ2n) is 6.42. The zero-order valence-electron chi connectivity index (χ0n) is 16.9. The van der Waals surface area contributed by atoms with Crippen molar-refractivity contribution in [3.63, 3.8) is 0 Å². The van der Waals surface area contributed by atoms with Crippen LogP contribution in [0.2, 0.25) is 0 Å². The molecule has 0 aliphatic carbocycles. The number of carbonyl (C=O) groups is 2. The van der Waals surface area contributed by atoms with Crippen LogP contribution >= 0.6 is 11.8 Å². The number of para-hydroxylation sites is 2. The molecule has 0 unspecified atom stereocenters. The summed E-state index contributed by atoms with van der Waals surface area (Å²) in [6.07, 6.45) is 0. The third kappa shape index (κ3) is 5.76. The predicted molar refractivity (Wildman–Crippen MR) is 120 cm³/mol. The Hall–Kier alpha value is -4.05. The minimum absolute atomic E-state index is 0.0286. The number of amides is 2. The van der Waals surface area contributed by atoms with Gasteiger partial charge in [-0.15, -0.1) is 11.8 Å². The standard InChI is InChI=1S/C22H19N3O6S/c1-30-18-4-2-3-5-19(18)31-16-9-7-15(8-10-16)24-21(26)13-32-20-11-6-14(22(23)27)12-17(20)25(28)29/h2-12H,13H2,1H3,(H2,23,27)(H,24,26). The number of anilines is 1. The van der Waals surface area contributed by atoms with Crippen molar-refractivity contribution in [1.82, 2.24) is 0 Å². The van der Waals surface area contributed by atoms with Crippen molar-refractivity contribution in [3.05, 3.63) is 82.4 Å². The number of methoxy groups -OCH3 is 1. The smallest absolute Gasteiger partial charge is 0.283 e. The van der Waals surface area contributed by atoms with E-state index in [1.807, 2.05) is 12.1 Å². The van der Waals surface area contributed by atoms with Crippen LogP contribution in [0, 0.1) is 10.1 Å². The number of hydrogen-bond donors (Lipinski definition) is 2. The maximum absolute atomic E-state index is 12.3. The molecule has 0 radical (unpaired) electrons. The van der Waals surface area contributed by atoms with Gasteiger partial charge in [0.25, 0.3) is 5.69 Å². The average molecular weight is 453 g/mol. The highest BCUT2D eigenvalue weighted by molar-refractivity contribution is 8.00. The third-order valence-electron chi connectivity index (χ3n) is 4.23. The summed E-state index contributed by atoms with van der Waals surface area (Å²) in [5, 5.41) is 14.0. The molecule has 0 saturated carbocycles. The summed E-state index contributed by atoms with van der Waals surface area (Å²) < 4.78 is 11.0. The van der Waals surface area contributed by atoms with Crippen LogP contribution in [0.5, 0.6) is 17.2 Å². The summed E-state index contributed by atoms with van der Waals surface area (Å²) in [5.41, 5.74) is 5.45. The van der Waals surface area contributed by atoms with Crippen LogP contribution in [0.25, 0.3) is 0 Å². The predicted octanol–water partition coefficient (Wildman–Crippen LogP) is 4.23. The van der Waals surface area contributed by atoms with Crippen LogP contribution in [-0.2, 0) is 4.79 Å². The summed E-state index contributed by atoms with van der Waals surface area (Å²) in [7, 11) is 1.56. The Morgan fingerprint density at radius 3 is 2.38 bits per heavy atom. The molecule has 0 spiro atoms. The number of ether oxygens (including phenoxy) is 2. The summed E-state index contributed by atoms with van der Waals surface area (Å²) in [4.78, 5) is 34.4. The highest BCUT2D eigenvalue weighted by Gasteiger charge is 2.18. The zero-order valence-corrected chi connectivity index (χ0v) is 17.8. The molecular weight excluding hydrogens is 434 g/mol. The van der Waals surface area contributed by atoms with Crippen molar-refractivity contribution in [2.75, 3.05) is 18.2 Å². The molecule has 0 atom stereocenters. The molecule has 32 heavy (non-hydrogen) atoms. The second kappa shape index (κ2) is 10.3. The first kappa shape index (κ1) is 22.6. The Morgan fingerprint density at radius 1 is 1.06 bits per heavy atom. The van der Waals surface area contributed by atoms with Crippen LogP contribution in [0.3, 0.4) is 0 Å². The zero-order chi connectivity index (χ0) is 23.1. The van der Waals surface area contributed by atoms with E-state index in [2.05, 4.69) is 5.32 Å². The highest BCUT2D eigenvalue weighted by atomic mass is 32.2. The van der Waals surface area contributed by atoms with E-state index in [4.69, 9.17) is 15.2 Å². The van der Waals surface area contributed by atoms with Gasteiger partial charge in [0.1, 0.15) is 5.75 Å². The van der Waals surface area contributed by atoms with Gasteiger partial charge in [-0.1, -0.05) is 12.1 Å². The molecule has 0 saturated heterocycles. The van der Waals surface area contributed by atoms with E-state index < -0.39 is 10.8 Å². The van der Waals surface area contributed by atoms with E-state index in [1.165, 1.54) is 12.1 Å². The normalized spacial score (nSPS) is 10.3. The van der Waals surface area contributed by atoms with Crippen molar-refractivity contribution < 1.29 is 24.0 Å². The number of nitro benzene ring substituents is 1. The average Bonchev–Trinajstić information content (AvgIpc) is 2.79. The molecule has 164 valence electrons. The third-order valence-corrected chi connectivity index (χ3v) is 5.30. The molecule has 10 heteroatoms. The molecule has 0 fully saturated rings. The number of thioether (sulfide) groups is 1. The summed E-state index contributed by atoms with van der Waals surface area (Å²) >= 11 is 0.988. The molecule has 0 bridgehead atoms. The lowest BCUT2D eigenvalue weighted by atomic mass is 10.2. The molecule has 0 aliphatic rings. The van der Waals surface area contributed by atoms with Crippen LogP contribution in [-0.4, -0.2) is 29.6 Å². The van der Waals surface area contributed by atoms with Gasteiger partial charge in [0.15, 0.2) is 11.5 Å². The largest absolute Gasteiger partial charge is 0.493 e. The quantitative estimate of drug-likeness (QED) is 0.281. The van der Waals surface area contributed by atoms with Crippen molar-refractivity contribution in [3.8, 4) is 17.2 Å². The minimum atomic E-state index is -0.763. The van der Waals surface area contributed by atoms with Crippen LogP contribution in [0.15, 0.2) is 71.6 Å². The Bertz CT molecular complexity index is 1150. The van der Waals surface area contributed by atoms with E-state index in [9.17, 15) is 19.7 Å². The van der Waals surface area contributed by atoms with E-state index in [-0.39, 0.29) is 27.8 Å². The van der Waals surface area contributed by atoms with Crippen LogP contribution in [0.1, 0.15) is 10.4 Å². The first-order valence-electron chi connectivity index (χ1n) is 9.29. The number of hydrogen-bond acceptors (Lipinski definition) is 7. The Morgan fingerprint density at radius 2 is 1.75 bits per heavy atom. The fourth-order valence-corrected chi connectivity index (χ4v) is 3.52. The molecule has 3 aromatic carbocycles. The van der Waals surface area contributed by atoms with Crippen molar-refractivity contribution in [2.24, 2.45) is 5.73 Å². The van der Waals surface area contributed by atoms with Gasteiger partial charge in [0.05, 0.1) is 22.7 Å². The topological polar surface area (TPSA) is 134 Å². The van der Waals surface area contributed by atoms with Gasteiger partial charge in [0, 0.05) is 17.3 Å². The number of carbonyl (C=O) groups excluding carboxylic acids is 2. The van der Waals surface area contributed by atoms with Gasteiger partial charge >= 0.3 is 0 Å². The van der Waals surface area contributed by atoms with E-state index in [0.29, 0.717) is 22.9 Å². The summed E-state index contributed by atoms with van der Waals surface area (Å²) in [6.45, 7) is 0. The van der Waals surface area contributed by atoms with Gasteiger partial charge in [-0.05, 0) is 48.5 Å². The first-order valence-corrected chi connectivity index (χ1v) is 10.3. The number of nitrogens with two attached hydrogens (primary N) is 1. The number of benzene rings is 3. The van der Waals surface area contributed by atoms with Crippen LogP contribution < -0.4 is 20.5 Å². The first-order chi connectivity index (χ1) is 15.4. The maximum Gasteiger partial charge on any atom is 0.283 e. The number of primary amides is 1. The monoisotopic (exact) mass is 453 g/mol. The van der Waals surface area contributed by atoms with Crippen molar-refractivity contribution in [2.45, 2.75) is 4.90 Å². The highest BCUT2D eigenvalue weighted by Crippen LogP contribution is 2.32. The van der Waals surface area contributed by atoms with Gasteiger partial charge in [-0.3, -0.25) is 19.7 Å². The Kier molecular flexibility index (Phi) is 7.29. The fourth-order valence-electron chi connectivity index (χ4n) is 2.71. The Balaban J connectivity index is 1.60. The number of nitro groups is 1. The molecule has 3 N–H and O–H groups in total. The van der Waals surface area contributed by atoms with E-state index in [0.717, 1.165) is 17.8 Å². The molecule has 3 rings (SSSR count). The van der Waals surface area contributed by atoms with Crippen molar-refractivity contribution in [1.29, 1.82) is 0 Å². The Labute approximate surface area is 187 Å². The number of nitrogens with one attached hydrogen (secondary N) is 1. The maximum atomic E-state index is 12.3. The fraction of sp³-hybridized carbons (Fsp3) is 0.0909. The lowest BCUT2D eigenvalue weighted by Crippen LogP contribution is -2.14. The molecule has 0 heterocycles. The number of rotatable bonds is 9. The second-order valence-corrected chi connectivity index (χ2v) is 7.44. The van der Waals surface area contributed by atoms with Gasteiger partial charge in [-0.2, -0.15) is 0 Å².